The van der Waals surface area contributed by atoms with E-state index < -0.39 is 0 Å². The highest BCUT2D eigenvalue weighted by Gasteiger charge is 2.38. The van der Waals surface area contributed by atoms with Crippen LogP contribution in [-0.4, -0.2) is 0 Å². The topological polar surface area (TPSA) is 16.4 Å². The molecule has 314 valence electrons. The quantitative estimate of drug-likeness (QED) is 0.166. The van der Waals surface area contributed by atoms with Crippen LogP contribution in [0.2, 0.25) is 0 Å². The molecule has 2 aliphatic carbocycles. The third-order valence-electron chi connectivity index (χ3n) is 14.8. The molecule has 0 saturated heterocycles. The number of anilines is 3. The third-order valence-corrected chi connectivity index (χ3v) is 14.8. The van der Waals surface area contributed by atoms with E-state index in [0.717, 1.165) is 55.5 Å². The monoisotopic (exact) mass is 845 g/mol. The molecule has 0 unspecified atom stereocenters. The number of hydrogen-bond acceptors (Lipinski definition) is 2. The average Bonchev–Trinajstić information content (AvgIpc) is 3.95. The van der Waals surface area contributed by atoms with Crippen molar-refractivity contribution >= 4 is 49.8 Å². The maximum absolute atomic E-state index is 6.66. The van der Waals surface area contributed by atoms with E-state index in [1.54, 1.807) is 0 Å². The van der Waals surface area contributed by atoms with Gasteiger partial charge in [0, 0.05) is 44.1 Å². The van der Waals surface area contributed by atoms with E-state index in [1.807, 2.05) is 0 Å². The van der Waals surface area contributed by atoms with Crippen LogP contribution in [0.25, 0.3) is 88.3 Å². The summed E-state index contributed by atoms with van der Waals surface area (Å²) in [4.78, 5) is 2.42. The molecule has 0 aliphatic heterocycles. The van der Waals surface area contributed by atoms with Crippen LogP contribution in [0.3, 0.4) is 0 Å². The number of furan rings is 1. The minimum Gasteiger partial charge on any atom is -0.455 e. The van der Waals surface area contributed by atoms with Crippen molar-refractivity contribution in [3.8, 4) is 55.6 Å². The Morgan fingerprint density at radius 3 is 1.70 bits per heavy atom. The van der Waals surface area contributed by atoms with Crippen LogP contribution >= 0.6 is 0 Å². The van der Waals surface area contributed by atoms with Crippen LogP contribution in [0.1, 0.15) is 49.9 Å². The molecule has 0 amide bonds. The average molecular weight is 846 g/mol. The fourth-order valence-electron chi connectivity index (χ4n) is 11.6. The number of rotatable bonds is 6. The van der Waals surface area contributed by atoms with Crippen LogP contribution in [0.4, 0.5) is 17.1 Å². The number of fused-ring (bicyclic) bond motifs is 11. The Kier molecular flexibility index (Phi) is 8.33. The van der Waals surface area contributed by atoms with E-state index in [4.69, 9.17) is 4.42 Å². The van der Waals surface area contributed by atoms with Crippen molar-refractivity contribution in [2.75, 3.05) is 4.90 Å². The van der Waals surface area contributed by atoms with Gasteiger partial charge in [0.1, 0.15) is 11.2 Å². The Labute approximate surface area is 386 Å². The summed E-state index contributed by atoms with van der Waals surface area (Å²) in [5.41, 5.74) is 23.0. The van der Waals surface area contributed by atoms with Crippen molar-refractivity contribution in [2.45, 2.75) is 38.5 Å². The van der Waals surface area contributed by atoms with E-state index in [-0.39, 0.29) is 10.8 Å². The van der Waals surface area contributed by atoms with Gasteiger partial charge in [0.05, 0.1) is 0 Å². The second kappa shape index (κ2) is 14.3. The highest BCUT2D eigenvalue weighted by Crippen LogP contribution is 2.53. The van der Waals surface area contributed by atoms with Crippen LogP contribution < -0.4 is 4.90 Å². The molecule has 0 spiro atoms. The molecule has 2 nitrogen and oxygen atoms in total. The number of hydrogen-bond donors (Lipinski definition) is 0. The van der Waals surface area contributed by atoms with Crippen molar-refractivity contribution in [3.05, 3.63) is 235 Å². The zero-order valence-electron chi connectivity index (χ0n) is 37.6. The Bertz CT molecular complexity index is 3770. The fraction of sp³-hybridized carbons (Fsp3) is 0.0938. The van der Waals surface area contributed by atoms with Crippen LogP contribution in [0, 0.1) is 0 Å². The normalized spacial score (nSPS) is 14.0. The molecule has 0 fully saturated rings. The molecule has 13 rings (SSSR count). The SMILES string of the molecule is CC1(C)c2ccccc2-c2ccc(-c3ccc(N(c4cccc(-c5cccc6c5C(C)(C)c5ccccc5-6)c4)c4cccc(-c5cccc6oc7c8ccccc8ccc7c56)c4)cc3)cc21. The van der Waals surface area contributed by atoms with Gasteiger partial charge in [-0.2, -0.15) is 0 Å². The lowest BCUT2D eigenvalue weighted by Gasteiger charge is -2.28. The fourth-order valence-corrected chi connectivity index (χ4v) is 11.6. The van der Waals surface area contributed by atoms with Gasteiger partial charge in [0.15, 0.2) is 0 Å². The third kappa shape index (κ3) is 5.67. The van der Waals surface area contributed by atoms with Gasteiger partial charge in [-0.05, 0) is 138 Å². The Morgan fingerprint density at radius 2 is 0.924 bits per heavy atom. The van der Waals surface area contributed by atoms with Gasteiger partial charge in [0.25, 0.3) is 0 Å². The summed E-state index contributed by atoms with van der Waals surface area (Å²) < 4.78 is 6.66. The molecule has 0 N–H and O–H groups in total. The molecular weight excluding hydrogens is 799 g/mol. The Morgan fingerprint density at radius 1 is 0.348 bits per heavy atom. The molecule has 66 heavy (non-hydrogen) atoms. The summed E-state index contributed by atoms with van der Waals surface area (Å²) in [5, 5.41) is 4.57. The lowest BCUT2D eigenvalue weighted by Crippen LogP contribution is -2.16. The number of nitrogens with zero attached hydrogens (tertiary/aromatic N) is 1. The molecule has 10 aromatic carbocycles. The van der Waals surface area contributed by atoms with Gasteiger partial charge in [0.2, 0.25) is 0 Å². The van der Waals surface area contributed by atoms with E-state index >= 15 is 0 Å². The van der Waals surface area contributed by atoms with Crippen molar-refractivity contribution in [2.24, 2.45) is 0 Å². The summed E-state index contributed by atoms with van der Waals surface area (Å²) in [5.74, 6) is 0. The van der Waals surface area contributed by atoms with E-state index in [1.165, 1.54) is 72.1 Å². The lowest BCUT2D eigenvalue weighted by atomic mass is 9.79. The number of benzene rings is 10. The highest BCUT2D eigenvalue weighted by molar-refractivity contribution is 6.19. The van der Waals surface area contributed by atoms with Crippen LogP contribution in [-0.2, 0) is 10.8 Å². The zero-order chi connectivity index (χ0) is 44.3. The van der Waals surface area contributed by atoms with Gasteiger partial charge < -0.3 is 9.32 Å². The molecule has 0 saturated carbocycles. The summed E-state index contributed by atoms with van der Waals surface area (Å²) in [6.45, 7) is 9.45. The standard InChI is InChI=1S/C64H47NO/c1-63(2)56-26-9-7-21-51(56)53-35-32-42(39-58(53)63)40-29-33-45(34-30-40)65(47-19-12-17-44(38-47)49-24-13-25-54-52-22-8-10-27-57(52)64(3,4)61(49)54)46-18-11-16-43(37-46)48-23-14-28-59-60(48)55-36-31-41-15-5-6-20-50(41)62(55)66-59/h5-39H,1-4H3. The molecule has 11 aromatic rings. The van der Waals surface area contributed by atoms with Crippen LogP contribution in [0.5, 0.6) is 0 Å². The van der Waals surface area contributed by atoms with E-state index in [2.05, 4.69) is 245 Å². The first-order chi connectivity index (χ1) is 32.2. The highest BCUT2D eigenvalue weighted by atomic mass is 16.3. The Balaban J connectivity index is 0.955. The van der Waals surface area contributed by atoms with Crippen molar-refractivity contribution in [1.82, 2.24) is 0 Å². The van der Waals surface area contributed by atoms with Crippen LogP contribution in [0.15, 0.2) is 217 Å². The lowest BCUT2D eigenvalue weighted by molar-refractivity contribution is 0.660. The van der Waals surface area contributed by atoms with E-state index in [9.17, 15) is 0 Å². The molecule has 2 aliphatic rings. The first kappa shape index (κ1) is 38.5. The molecule has 0 bridgehead atoms. The zero-order valence-corrected chi connectivity index (χ0v) is 37.6. The van der Waals surface area contributed by atoms with Gasteiger partial charge >= 0.3 is 0 Å². The summed E-state index contributed by atoms with van der Waals surface area (Å²) in [7, 11) is 0. The summed E-state index contributed by atoms with van der Waals surface area (Å²) >= 11 is 0. The molecule has 0 radical (unpaired) electrons. The van der Waals surface area contributed by atoms with Gasteiger partial charge in [-0.3, -0.25) is 0 Å². The molecular formula is C64H47NO. The largest absolute Gasteiger partial charge is 0.455 e. The van der Waals surface area contributed by atoms with Gasteiger partial charge in [-0.25, -0.2) is 0 Å². The summed E-state index contributed by atoms with van der Waals surface area (Å²) in [6.07, 6.45) is 0. The molecule has 1 aromatic heterocycles. The van der Waals surface area contributed by atoms with Gasteiger partial charge in [-0.15, -0.1) is 0 Å². The minimum absolute atomic E-state index is 0.0630. The van der Waals surface area contributed by atoms with E-state index in [0.29, 0.717) is 0 Å². The first-order valence-corrected chi connectivity index (χ1v) is 23.2. The van der Waals surface area contributed by atoms with Gasteiger partial charge in [-0.1, -0.05) is 185 Å². The molecule has 1 heterocycles. The predicted molar refractivity (Wildman–Crippen MR) is 277 cm³/mol. The molecule has 2 heteroatoms. The van der Waals surface area contributed by atoms with Crippen molar-refractivity contribution in [3.63, 3.8) is 0 Å². The van der Waals surface area contributed by atoms with Crippen molar-refractivity contribution < 1.29 is 4.42 Å². The maximum atomic E-state index is 6.66. The Hall–Kier alpha value is -7.94. The molecule has 0 atom stereocenters. The summed E-state index contributed by atoms with van der Waals surface area (Å²) in [6, 6.07) is 78.3. The smallest absolute Gasteiger partial charge is 0.143 e. The van der Waals surface area contributed by atoms with Crippen molar-refractivity contribution in [1.29, 1.82) is 0 Å². The maximum Gasteiger partial charge on any atom is 0.143 e. The first-order valence-electron chi connectivity index (χ1n) is 23.2. The predicted octanol–water partition coefficient (Wildman–Crippen LogP) is 17.8. The second-order valence-electron chi connectivity index (χ2n) is 19.3. The second-order valence-corrected chi connectivity index (χ2v) is 19.3. The minimum atomic E-state index is -0.136.